The first kappa shape index (κ1) is 19.0. The first-order valence-electron chi connectivity index (χ1n) is 8.44. The van der Waals surface area contributed by atoms with Gasteiger partial charge in [-0.05, 0) is 18.1 Å². The minimum Gasteiger partial charge on any atom is -0.380 e. The quantitative estimate of drug-likeness (QED) is 0.774. The summed E-state index contributed by atoms with van der Waals surface area (Å²) in [5.74, 6) is 2.33. The number of nitrogens with zero attached hydrogens (tertiary/aromatic N) is 2. The van der Waals surface area contributed by atoms with Crippen LogP contribution in [0.3, 0.4) is 0 Å². The first-order valence-corrected chi connectivity index (χ1v) is 8.44. The molecule has 6 heteroatoms. The lowest BCUT2D eigenvalue weighted by molar-refractivity contribution is -0.121. The Morgan fingerprint density at radius 3 is 2.80 bits per heavy atom. The van der Waals surface area contributed by atoms with E-state index in [0.29, 0.717) is 38.3 Å². The monoisotopic (exact) mass is 343 g/mol. The summed E-state index contributed by atoms with van der Waals surface area (Å²) in [4.78, 5) is 28.6. The zero-order valence-corrected chi connectivity index (χ0v) is 14.7. The van der Waals surface area contributed by atoms with Gasteiger partial charge in [0.2, 0.25) is 5.91 Å². The molecule has 1 aromatic carbocycles. The predicted molar refractivity (Wildman–Crippen MR) is 96.0 cm³/mol. The Bertz CT molecular complexity index is 639. The van der Waals surface area contributed by atoms with Crippen molar-refractivity contribution in [3.05, 3.63) is 35.4 Å². The number of terminal acetylenes is 1. The maximum atomic E-state index is 12.9. The second-order valence-electron chi connectivity index (χ2n) is 5.99. The van der Waals surface area contributed by atoms with Crippen molar-refractivity contribution in [2.24, 2.45) is 0 Å². The lowest BCUT2D eigenvalue weighted by atomic mass is 10.1. The van der Waals surface area contributed by atoms with E-state index in [-0.39, 0.29) is 18.4 Å². The van der Waals surface area contributed by atoms with Crippen LogP contribution in [0.1, 0.15) is 22.3 Å². The van der Waals surface area contributed by atoms with Gasteiger partial charge in [0.1, 0.15) is 0 Å². The van der Waals surface area contributed by atoms with E-state index in [1.165, 1.54) is 0 Å². The van der Waals surface area contributed by atoms with E-state index in [1.807, 2.05) is 29.2 Å². The van der Waals surface area contributed by atoms with Crippen LogP contribution in [0.2, 0.25) is 0 Å². The molecule has 0 spiro atoms. The lowest BCUT2D eigenvalue weighted by Crippen LogP contribution is -2.40. The van der Waals surface area contributed by atoms with Crippen molar-refractivity contribution in [1.29, 1.82) is 0 Å². The normalized spacial score (nSPS) is 15.3. The first-order chi connectivity index (χ1) is 12.2. The molecule has 1 fully saturated rings. The number of benzene rings is 1. The average molecular weight is 343 g/mol. The number of carbonyl (C=O) groups excluding carboxylic acids is 2. The maximum Gasteiger partial charge on any atom is 0.254 e. The molecule has 0 radical (unpaired) electrons. The third-order valence-corrected chi connectivity index (χ3v) is 4.18. The molecule has 0 aromatic heterocycles. The number of amides is 2. The van der Waals surface area contributed by atoms with Gasteiger partial charge in [0.15, 0.2) is 0 Å². The van der Waals surface area contributed by atoms with Crippen LogP contribution in [0.25, 0.3) is 0 Å². The molecule has 1 saturated heterocycles. The van der Waals surface area contributed by atoms with Gasteiger partial charge in [-0.25, -0.2) is 0 Å². The van der Waals surface area contributed by atoms with Crippen molar-refractivity contribution in [3.63, 3.8) is 0 Å². The summed E-state index contributed by atoms with van der Waals surface area (Å²) in [6, 6.07) is 7.53. The highest BCUT2D eigenvalue weighted by Crippen LogP contribution is 2.14. The summed E-state index contributed by atoms with van der Waals surface area (Å²) in [5.41, 5.74) is 1.58. The van der Waals surface area contributed by atoms with Gasteiger partial charge in [-0.1, -0.05) is 24.1 Å². The molecule has 1 aliphatic heterocycles. The number of methoxy groups -OCH3 is 1. The van der Waals surface area contributed by atoms with Crippen molar-refractivity contribution in [1.82, 2.24) is 15.1 Å². The molecular weight excluding hydrogens is 318 g/mol. The minimum absolute atomic E-state index is 0.0197. The largest absolute Gasteiger partial charge is 0.380 e. The second kappa shape index (κ2) is 9.82. The van der Waals surface area contributed by atoms with Gasteiger partial charge in [0.25, 0.3) is 5.91 Å². The Kier molecular flexibility index (Phi) is 7.45. The van der Waals surface area contributed by atoms with Crippen LogP contribution in [0, 0.1) is 12.3 Å². The van der Waals surface area contributed by atoms with Gasteiger partial charge in [0, 0.05) is 38.9 Å². The van der Waals surface area contributed by atoms with Crippen LogP contribution in [0.5, 0.6) is 0 Å². The van der Waals surface area contributed by atoms with E-state index in [9.17, 15) is 9.59 Å². The van der Waals surface area contributed by atoms with Gasteiger partial charge >= 0.3 is 0 Å². The Morgan fingerprint density at radius 2 is 2.04 bits per heavy atom. The molecule has 25 heavy (non-hydrogen) atoms. The molecule has 0 atom stereocenters. The van der Waals surface area contributed by atoms with Crippen molar-refractivity contribution in [2.75, 3.05) is 46.4 Å². The Labute approximate surface area is 149 Å². The lowest BCUT2D eigenvalue weighted by Gasteiger charge is -2.22. The van der Waals surface area contributed by atoms with Gasteiger partial charge in [-0.15, -0.1) is 6.42 Å². The number of nitrogens with one attached hydrogen (secondary N) is 1. The van der Waals surface area contributed by atoms with E-state index in [4.69, 9.17) is 11.2 Å². The summed E-state index contributed by atoms with van der Waals surface area (Å²) in [5, 5.41) is 2.67. The molecule has 6 nitrogen and oxygen atoms in total. The fraction of sp³-hybridized carbons (Fsp3) is 0.474. The van der Waals surface area contributed by atoms with Crippen molar-refractivity contribution in [2.45, 2.75) is 13.0 Å². The Balaban J connectivity index is 1.95. The molecule has 0 aliphatic carbocycles. The van der Waals surface area contributed by atoms with Crippen LogP contribution in [0.15, 0.2) is 24.3 Å². The molecule has 0 bridgehead atoms. The summed E-state index contributed by atoms with van der Waals surface area (Å²) < 4.78 is 5.19. The molecule has 2 rings (SSSR count). The molecule has 2 amide bonds. The summed E-state index contributed by atoms with van der Waals surface area (Å²) in [6.45, 7) is 3.70. The predicted octanol–water partition coefficient (Wildman–Crippen LogP) is 0.730. The van der Waals surface area contributed by atoms with Crippen LogP contribution >= 0.6 is 0 Å². The SMILES string of the molecule is C#CCNC(=O)CN1CCCN(C(=O)c2ccccc2COC)CC1. The number of rotatable bonds is 6. The number of ether oxygens (including phenoxy) is 1. The smallest absolute Gasteiger partial charge is 0.254 e. The zero-order chi connectivity index (χ0) is 18.1. The molecular formula is C19H25N3O3. The molecule has 1 aliphatic rings. The molecule has 1 heterocycles. The van der Waals surface area contributed by atoms with Crippen LogP contribution < -0.4 is 5.32 Å². The van der Waals surface area contributed by atoms with Gasteiger partial charge in [0.05, 0.1) is 19.7 Å². The van der Waals surface area contributed by atoms with E-state index in [2.05, 4.69) is 16.1 Å². The number of hydrogen-bond acceptors (Lipinski definition) is 4. The number of carbonyl (C=O) groups is 2. The van der Waals surface area contributed by atoms with Gasteiger partial charge in [-0.3, -0.25) is 14.5 Å². The van der Waals surface area contributed by atoms with Crippen LogP contribution in [-0.2, 0) is 16.1 Å². The average Bonchev–Trinajstić information content (AvgIpc) is 2.86. The third-order valence-electron chi connectivity index (χ3n) is 4.18. The van der Waals surface area contributed by atoms with Crippen LogP contribution in [-0.4, -0.2) is 68.0 Å². The van der Waals surface area contributed by atoms with Gasteiger partial charge in [-0.2, -0.15) is 0 Å². The van der Waals surface area contributed by atoms with Gasteiger partial charge < -0.3 is 15.0 Å². The fourth-order valence-corrected chi connectivity index (χ4v) is 2.92. The zero-order valence-electron chi connectivity index (χ0n) is 14.7. The van der Waals surface area contributed by atoms with Crippen molar-refractivity contribution < 1.29 is 14.3 Å². The topological polar surface area (TPSA) is 61.9 Å². The van der Waals surface area contributed by atoms with E-state index < -0.39 is 0 Å². The molecule has 134 valence electrons. The third kappa shape index (κ3) is 5.59. The minimum atomic E-state index is -0.0804. The highest BCUT2D eigenvalue weighted by atomic mass is 16.5. The van der Waals surface area contributed by atoms with E-state index in [1.54, 1.807) is 7.11 Å². The summed E-state index contributed by atoms with van der Waals surface area (Å²) >= 11 is 0. The standard InChI is InChI=1S/C19H25N3O3/c1-3-9-20-18(23)14-21-10-6-11-22(13-12-21)19(24)17-8-5-4-7-16(17)15-25-2/h1,4-5,7-8H,6,9-15H2,2H3,(H,20,23). The second-order valence-corrected chi connectivity index (χ2v) is 5.99. The van der Waals surface area contributed by atoms with E-state index >= 15 is 0 Å². The Hall–Kier alpha value is -2.36. The number of hydrogen-bond donors (Lipinski definition) is 1. The van der Waals surface area contributed by atoms with Crippen molar-refractivity contribution in [3.8, 4) is 12.3 Å². The summed E-state index contributed by atoms with van der Waals surface area (Å²) in [7, 11) is 1.62. The molecule has 0 unspecified atom stereocenters. The Morgan fingerprint density at radius 1 is 1.24 bits per heavy atom. The summed E-state index contributed by atoms with van der Waals surface area (Å²) in [6.07, 6.45) is 5.98. The highest BCUT2D eigenvalue weighted by molar-refractivity contribution is 5.95. The van der Waals surface area contributed by atoms with E-state index in [0.717, 1.165) is 18.5 Å². The fourth-order valence-electron chi connectivity index (χ4n) is 2.92. The molecule has 1 N–H and O–H groups in total. The molecule has 0 saturated carbocycles. The molecule has 1 aromatic rings. The maximum absolute atomic E-state index is 12.9. The van der Waals surface area contributed by atoms with Crippen LogP contribution in [0.4, 0.5) is 0 Å². The van der Waals surface area contributed by atoms with Crippen molar-refractivity contribution >= 4 is 11.8 Å². The highest BCUT2D eigenvalue weighted by Gasteiger charge is 2.22.